The van der Waals surface area contributed by atoms with Crippen LogP contribution >= 0.6 is 0 Å². The van der Waals surface area contributed by atoms with Gasteiger partial charge in [0.05, 0.1) is 4.92 Å². The van der Waals surface area contributed by atoms with Crippen molar-refractivity contribution in [3.05, 3.63) is 69.3 Å². The number of carbonyl (C=O) groups excluding carboxylic acids is 1. The zero-order valence-corrected chi connectivity index (χ0v) is 10.2. The predicted octanol–water partition coefficient (Wildman–Crippen LogP) is 2.84. The number of nitro benzene ring substituents is 1. The van der Waals surface area contributed by atoms with Crippen LogP contribution in [0.15, 0.2) is 42.5 Å². The van der Waals surface area contributed by atoms with E-state index in [-0.39, 0.29) is 11.3 Å². The smallest absolute Gasteiger partial charge is 0.311 e. The summed E-state index contributed by atoms with van der Waals surface area (Å²) in [6, 6.07) is 10.5. The van der Waals surface area contributed by atoms with Gasteiger partial charge in [-0.2, -0.15) is 0 Å². The van der Waals surface area contributed by atoms with E-state index in [4.69, 9.17) is 0 Å². The van der Waals surface area contributed by atoms with Gasteiger partial charge < -0.3 is 5.11 Å². The zero-order chi connectivity index (χ0) is 14.0. The van der Waals surface area contributed by atoms with Gasteiger partial charge in [0.2, 0.25) is 0 Å². The third-order valence-corrected chi connectivity index (χ3v) is 2.75. The van der Waals surface area contributed by atoms with Crippen LogP contribution in [0.4, 0.5) is 5.69 Å². The number of hydrogen-bond acceptors (Lipinski definition) is 4. The van der Waals surface area contributed by atoms with Crippen LogP contribution in [0.25, 0.3) is 0 Å². The summed E-state index contributed by atoms with van der Waals surface area (Å²) in [5.74, 6) is -0.770. The Labute approximate surface area is 109 Å². The SMILES string of the molecule is Cc1ccc(C(=O)c2ccc(O)c([N+](=O)[O-])c2)cc1. The van der Waals surface area contributed by atoms with Gasteiger partial charge >= 0.3 is 5.69 Å². The number of phenols is 1. The molecule has 96 valence electrons. The third kappa shape index (κ3) is 2.60. The summed E-state index contributed by atoms with van der Waals surface area (Å²) >= 11 is 0. The van der Waals surface area contributed by atoms with Crippen molar-refractivity contribution in [3.63, 3.8) is 0 Å². The fraction of sp³-hybridized carbons (Fsp3) is 0.0714. The lowest BCUT2D eigenvalue weighted by Gasteiger charge is -2.03. The lowest BCUT2D eigenvalue weighted by molar-refractivity contribution is -0.385. The van der Waals surface area contributed by atoms with Gasteiger partial charge in [-0.15, -0.1) is 0 Å². The van der Waals surface area contributed by atoms with E-state index < -0.39 is 16.4 Å². The Balaban J connectivity index is 2.42. The van der Waals surface area contributed by atoms with E-state index in [1.165, 1.54) is 6.07 Å². The van der Waals surface area contributed by atoms with Crippen molar-refractivity contribution in [1.29, 1.82) is 0 Å². The Morgan fingerprint density at radius 2 is 1.68 bits per heavy atom. The lowest BCUT2D eigenvalue weighted by atomic mass is 10.0. The maximum atomic E-state index is 12.1. The predicted molar refractivity (Wildman–Crippen MR) is 69.4 cm³/mol. The molecular weight excluding hydrogens is 246 g/mol. The van der Waals surface area contributed by atoms with Crippen molar-refractivity contribution in [3.8, 4) is 5.75 Å². The molecule has 2 rings (SSSR count). The number of ketones is 1. The Kier molecular flexibility index (Phi) is 3.29. The van der Waals surface area contributed by atoms with Crippen LogP contribution in [0.2, 0.25) is 0 Å². The first-order valence-electron chi connectivity index (χ1n) is 5.58. The highest BCUT2D eigenvalue weighted by atomic mass is 16.6. The molecule has 0 aliphatic carbocycles. The average Bonchev–Trinajstić information content (AvgIpc) is 2.39. The molecule has 0 aromatic heterocycles. The van der Waals surface area contributed by atoms with Gasteiger partial charge in [-0.25, -0.2) is 0 Å². The summed E-state index contributed by atoms with van der Waals surface area (Å²) < 4.78 is 0. The Bertz CT molecular complexity index is 647. The second kappa shape index (κ2) is 4.89. The van der Waals surface area contributed by atoms with Crippen molar-refractivity contribution in [2.75, 3.05) is 0 Å². The number of benzene rings is 2. The number of phenolic OH excluding ortho intramolecular Hbond substituents is 1. The molecule has 2 aromatic rings. The van der Waals surface area contributed by atoms with E-state index in [0.717, 1.165) is 17.7 Å². The Hall–Kier alpha value is -2.69. The molecule has 0 aliphatic heterocycles. The maximum Gasteiger partial charge on any atom is 0.311 e. The Morgan fingerprint density at radius 1 is 1.11 bits per heavy atom. The number of aromatic hydroxyl groups is 1. The van der Waals surface area contributed by atoms with E-state index in [1.807, 2.05) is 6.92 Å². The normalized spacial score (nSPS) is 10.2. The lowest BCUT2D eigenvalue weighted by Crippen LogP contribution is -2.02. The molecular formula is C14H11NO4. The monoisotopic (exact) mass is 257 g/mol. The summed E-state index contributed by atoms with van der Waals surface area (Å²) in [4.78, 5) is 22.1. The van der Waals surface area contributed by atoms with E-state index >= 15 is 0 Å². The molecule has 5 nitrogen and oxygen atoms in total. The van der Waals surface area contributed by atoms with Crippen molar-refractivity contribution < 1.29 is 14.8 Å². The Morgan fingerprint density at radius 3 is 2.26 bits per heavy atom. The molecule has 0 saturated carbocycles. The minimum atomic E-state index is -0.721. The van der Waals surface area contributed by atoms with Crippen LogP contribution in [0.3, 0.4) is 0 Å². The molecule has 0 atom stereocenters. The van der Waals surface area contributed by atoms with Crippen molar-refractivity contribution >= 4 is 11.5 Å². The van der Waals surface area contributed by atoms with Crippen LogP contribution in [0, 0.1) is 17.0 Å². The molecule has 0 radical (unpaired) electrons. The first kappa shape index (κ1) is 12.8. The molecule has 0 saturated heterocycles. The van der Waals surface area contributed by atoms with Crippen LogP contribution in [-0.2, 0) is 0 Å². The van der Waals surface area contributed by atoms with E-state index in [2.05, 4.69) is 0 Å². The molecule has 19 heavy (non-hydrogen) atoms. The van der Waals surface area contributed by atoms with Crippen molar-refractivity contribution in [1.82, 2.24) is 0 Å². The van der Waals surface area contributed by atoms with Crippen LogP contribution in [0.1, 0.15) is 21.5 Å². The summed E-state index contributed by atoms with van der Waals surface area (Å²) in [7, 11) is 0. The number of hydrogen-bond donors (Lipinski definition) is 1. The van der Waals surface area contributed by atoms with Gasteiger partial charge in [-0.05, 0) is 19.1 Å². The van der Waals surface area contributed by atoms with Crippen LogP contribution in [-0.4, -0.2) is 15.8 Å². The summed E-state index contributed by atoms with van der Waals surface area (Å²) in [5, 5.41) is 20.1. The number of nitro groups is 1. The highest BCUT2D eigenvalue weighted by molar-refractivity contribution is 6.09. The zero-order valence-electron chi connectivity index (χ0n) is 10.2. The third-order valence-electron chi connectivity index (χ3n) is 2.75. The van der Waals surface area contributed by atoms with Crippen molar-refractivity contribution in [2.45, 2.75) is 6.92 Å². The topological polar surface area (TPSA) is 80.4 Å². The molecule has 5 heteroatoms. The standard InChI is InChI=1S/C14H11NO4/c1-9-2-4-10(5-3-9)14(17)11-6-7-13(16)12(8-11)15(18)19/h2-8,16H,1H3. The fourth-order valence-electron chi connectivity index (χ4n) is 1.68. The van der Waals surface area contributed by atoms with Crippen LogP contribution < -0.4 is 0 Å². The molecule has 2 aromatic carbocycles. The highest BCUT2D eigenvalue weighted by Gasteiger charge is 2.17. The second-order valence-corrected chi connectivity index (χ2v) is 4.16. The summed E-state index contributed by atoms with van der Waals surface area (Å²) in [5.41, 5.74) is 1.17. The van der Waals surface area contributed by atoms with E-state index in [0.29, 0.717) is 5.56 Å². The molecule has 0 spiro atoms. The quantitative estimate of drug-likeness (QED) is 0.520. The average molecular weight is 257 g/mol. The van der Waals surface area contributed by atoms with Gasteiger partial charge in [0.1, 0.15) is 0 Å². The van der Waals surface area contributed by atoms with E-state index in [9.17, 15) is 20.0 Å². The van der Waals surface area contributed by atoms with Crippen LogP contribution in [0.5, 0.6) is 5.75 Å². The first-order chi connectivity index (χ1) is 8.99. The molecule has 0 aliphatic rings. The molecule has 0 fully saturated rings. The van der Waals surface area contributed by atoms with Crippen molar-refractivity contribution in [2.24, 2.45) is 0 Å². The minimum Gasteiger partial charge on any atom is -0.502 e. The largest absolute Gasteiger partial charge is 0.502 e. The molecule has 0 unspecified atom stereocenters. The summed E-state index contributed by atoms with van der Waals surface area (Å²) in [6.07, 6.45) is 0. The molecule has 0 amide bonds. The van der Waals surface area contributed by atoms with Gasteiger partial charge in [0, 0.05) is 17.2 Å². The second-order valence-electron chi connectivity index (χ2n) is 4.16. The maximum absolute atomic E-state index is 12.1. The minimum absolute atomic E-state index is 0.174. The number of carbonyl (C=O) groups is 1. The fourth-order valence-corrected chi connectivity index (χ4v) is 1.68. The van der Waals surface area contributed by atoms with Gasteiger partial charge in [-0.1, -0.05) is 29.8 Å². The van der Waals surface area contributed by atoms with Gasteiger partial charge in [-0.3, -0.25) is 14.9 Å². The highest BCUT2D eigenvalue weighted by Crippen LogP contribution is 2.27. The number of rotatable bonds is 3. The van der Waals surface area contributed by atoms with E-state index in [1.54, 1.807) is 24.3 Å². The number of nitrogens with zero attached hydrogens (tertiary/aromatic N) is 1. The number of aryl methyl sites for hydroxylation is 1. The van der Waals surface area contributed by atoms with Gasteiger partial charge in [0.15, 0.2) is 11.5 Å². The summed E-state index contributed by atoms with van der Waals surface area (Å²) in [6.45, 7) is 1.90. The molecule has 0 bridgehead atoms. The van der Waals surface area contributed by atoms with Gasteiger partial charge in [0.25, 0.3) is 0 Å². The molecule has 1 N–H and O–H groups in total. The molecule has 0 heterocycles. The first-order valence-corrected chi connectivity index (χ1v) is 5.58.